The van der Waals surface area contributed by atoms with Gasteiger partial charge in [-0.1, -0.05) is 12.1 Å². The van der Waals surface area contributed by atoms with Crippen LogP contribution in [0.3, 0.4) is 0 Å². The van der Waals surface area contributed by atoms with E-state index in [2.05, 4.69) is 10.3 Å². The molecule has 1 fully saturated rings. The van der Waals surface area contributed by atoms with Gasteiger partial charge in [-0.05, 0) is 25.0 Å². The molecule has 0 spiro atoms. The van der Waals surface area contributed by atoms with Crippen molar-refractivity contribution in [3.05, 3.63) is 36.0 Å². The molecule has 0 saturated heterocycles. The number of rotatable bonds is 2. The molecule has 1 aromatic carbocycles. The highest BCUT2D eigenvalue weighted by Gasteiger charge is 2.24. The summed E-state index contributed by atoms with van der Waals surface area (Å²) in [6, 6.07) is 8.92. The predicted octanol–water partition coefficient (Wildman–Crippen LogP) is 1.83. The first-order valence-electron chi connectivity index (χ1n) is 5.63. The molecule has 0 bridgehead atoms. The smallest absolute Gasteiger partial charge is 0.270 e. The molecule has 0 unspecified atom stereocenters. The minimum atomic E-state index is -0.214. The highest BCUT2D eigenvalue weighted by atomic mass is 16.3. The van der Waals surface area contributed by atoms with Gasteiger partial charge in [-0.15, -0.1) is 0 Å². The summed E-state index contributed by atoms with van der Waals surface area (Å²) in [5.74, 6) is -0.120. The summed E-state index contributed by atoms with van der Waals surface area (Å²) in [5, 5.41) is 13.3. The molecule has 3 rings (SSSR count). The Morgan fingerprint density at radius 3 is 2.88 bits per heavy atom. The number of nitrogens with one attached hydrogen (secondary N) is 1. The van der Waals surface area contributed by atoms with E-state index < -0.39 is 0 Å². The number of hydrogen-bond donors (Lipinski definition) is 2. The van der Waals surface area contributed by atoms with Crippen LogP contribution in [0.4, 0.5) is 0 Å². The van der Waals surface area contributed by atoms with E-state index >= 15 is 0 Å². The summed E-state index contributed by atoms with van der Waals surface area (Å²) >= 11 is 0. The van der Waals surface area contributed by atoms with E-state index in [1.807, 2.05) is 12.1 Å². The third kappa shape index (κ3) is 1.93. The van der Waals surface area contributed by atoms with E-state index in [9.17, 15) is 9.90 Å². The van der Waals surface area contributed by atoms with Gasteiger partial charge in [-0.25, -0.2) is 4.98 Å². The number of benzene rings is 1. The van der Waals surface area contributed by atoms with Gasteiger partial charge in [0.1, 0.15) is 11.4 Å². The topological polar surface area (TPSA) is 62.2 Å². The largest absolute Gasteiger partial charge is 0.507 e. The van der Waals surface area contributed by atoms with Crippen molar-refractivity contribution in [2.24, 2.45) is 0 Å². The average molecular weight is 228 g/mol. The summed E-state index contributed by atoms with van der Waals surface area (Å²) in [6.07, 6.45) is 2.07. The van der Waals surface area contributed by atoms with Crippen LogP contribution >= 0.6 is 0 Å². The molecule has 1 heterocycles. The van der Waals surface area contributed by atoms with E-state index in [0.29, 0.717) is 10.9 Å². The number of aromatic hydroxyl groups is 1. The van der Waals surface area contributed by atoms with Crippen molar-refractivity contribution in [3.8, 4) is 5.75 Å². The number of fused-ring (bicyclic) bond motifs is 1. The zero-order valence-electron chi connectivity index (χ0n) is 9.18. The summed E-state index contributed by atoms with van der Waals surface area (Å²) in [4.78, 5) is 16.1. The van der Waals surface area contributed by atoms with Gasteiger partial charge in [0, 0.05) is 17.5 Å². The fraction of sp³-hybridized carbons (Fsp3) is 0.231. The van der Waals surface area contributed by atoms with E-state index in [4.69, 9.17) is 0 Å². The van der Waals surface area contributed by atoms with Crippen molar-refractivity contribution in [2.45, 2.75) is 18.9 Å². The van der Waals surface area contributed by atoms with Crippen molar-refractivity contribution < 1.29 is 9.90 Å². The van der Waals surface area contributed by atoms with Crippen LogP contribution in [0.5, 0.6) is 5.75 Å². The molecule has 0 radical (unpaired) electrons. The lowest BCUT2D eigenvalue weighted by Crippen LogP contribution is -2.26. The number of nitrogens with zero attached hydrogens (tertiary/aromatic N) is 1. The van der Waals surface area contributed by atoms with E-state index in [1.54, 1.807) is 12.1 Å². The maximum absolute atomic E-state index is 11.8. The van der Waals surface area contributed by atoms with Crippen molar-refractivity contribution in [2.75, 3.05) is 0 Å². The fourth-order valence-electron chi connectivity index (χ4n) is 1.76. The van der Waals surface area contributed by atoms with Gasteiger partial charge in [-0.2, -0.15) is 0 Å². The number of carbonyl (C=O) groups excluding carboxylic acids is 1. The molecule has 86 valence electrons. The molecule has 2 N–H and O–H groups in total. The van der Waals surface area contributed by atoms with E-state index in [0.717, 1.165) is 12.8 Å². The molecule has 2 aromatic rings. The Labute approximate surface area is 98.3 Å². The lowest BCUT2D eigenvalue weighted by molar-refractivity contribution is 0.0946. The van der Waals surface area contributed by atoms with Crippen LogP contribution in [0.15, 0.2) is 30.3 Å². The molecule has 1 amide bonds. The van der Waals surface area contributed by atoms with Gasteiger partial charge in [0.15, 0.2) is 0 Å². The standard InChI is InChI=1S/C13H12N2O2/c16-12-7-11(13(17)14-8-5-6-8)15-10-4-2-1-3-9(10)12/h1-4,7-8H,5-6H2,(H,14,17)(H,15,16). The number of pyridine rings is 1. The minimum absolute atomic E-state index is 0.0940. The van der Waals surface area contributed by atoms with Crippen LogP contribution in [0.25, 0.3) is 10.9 Å². The molecule has 4 nitrogen and oxygen atoms in total. The van der Waals surface area contributed by atoms with Crippen molar-refractivity contribution in [1.29, 1.82) is 0 Å². The first kappa shape index (κ1) is 10.1. The molecule has 1 saturated carbocycles. The van der Waals surface area contributed by atoms with Gasteiger partial charge in [0.05, 0.1) is 5.52 Å². The summed E-state index contributed by atoms with van der Waals surface area (Å²) in [5.41, 5.74) is 0.904. The van der Waals surface area contributed by atoms with Gasteiger partial charge in [0.2, 0.25) is 0 Å². The van der Waals surface area contributed by atoms with Crippen LogP contribution in [-0.2, 0) is 0 Å². The van der Waals surface area contributed by atoms with Gasteiger partial charge >= 0.3 is 0 Å². The Bertz CT molecular complexity index is 591. The lowest BCUT2D eigenvalue weighted by Gasteiger charge is -2.05. The van der Waals surface area contributed by atoms with Crippen LogP contribution in [0.1, 0.15) is 23.3 Å². The maximum atomic E-state index is 11.8. The Kier molecular flexibility index (Phi) is 2.21. The van der Waals surface area contributed by atoms with Crippen molar-refractivity contribution in [1.82, 2.24) is 10.3 Å². The van der Waals surface area contributed by atoms with E-state index in [1.165, 1.54) is 6.07 Å². The summed E-state index contributed by atoms with van der Waals surface area (Å²) in [7, 11) is 0. The van der Waals surface area contributed by atoms with Gasteiger partial charge in [0.25, 0.3) is 5.91 Å². The molecule has 1 aliphatic carbocycles. The number of carbonyl (C=O) groups is 1. The highest BCUT2D eigenvalue weighted by molar-refractivity contribution is 5.97. The SMILES string of the molecule is O=C(NC1CC1)c1cc(O)c2ccccc2n1. The Balaban J connectivity index is 2.02. The molecule has 0 atom stereocenters. The van der Waals surface area contributed by atoms with Gasteiger partial charge in [-0.3, -0.25) is 4.79 Å². The van der Waals surface area contributed by atoms with E-state index in [-0.39, 0.29) is 23.4 Å². The first-order valence-corrected chi connectivity index (χ1v) is 5.63. The second-order valence-electron chi connectivity index (χ2n) is 4.29. The number of amides is 1. The van der Waals surface area contributed by atoms with Crippen LogP contribution in [0, 0.1) is 0 Å². The minimum Gasteiger partial charge on any atom is -0.507 e. The van der Waals surface area contributed by atoms with Crippen molar-refractivity contribution >= 4 is 16.8 Å². The van der Waals surface area contributed by atoms with Crippen LogP contribution in [-0.4, -0.2) is 22.0 Å². The summed E-state index contributed by atoms with van der Waals surface area (Å²) in [6.45, 7) is 0. The third-order valence-corrected chi connectivity index (χ3v) is 2.84. The molecule has 4 heteroatoms. The second kappa shape index (κ2) is 3.73. The summed E-state index contributed by atoms with van der Waals surface area (Å²) < 4.78 is 0. The normalized spacial score (nSPS) is 14.8. The molecule has 0 aliphatic heterocycles. The lowest BCUT2D eigenvalue weighted by atomic mass is 10.2. The zero-order chi connectivity index (χ0) is 11.8. The maximum Gasteiger partial charge on any atom is 0.270 e. The Morgan fingerprint density at radius 1 is 1.35 bits per heavy atom. The fourth-order valence-corrected chi connectivity index (χ4v) is 1.76. The third-order valence-electron chi connectivity index (χ3n) is 2.84. The van der Waals surface area contributed by atoms with Gasteiger partial charge < -0.3 is 10.4 Å². The highest BCUT2D eigenvalue weighted by Crippen LogP contribution is 2.24. The zero-order valence-corrected chi connectivity index (χ0v) is 9.18. The quantitative estimate of drug-likeness (QED) is 0.824. The Hall–Kier alpha value is -2.10. The van der Waals surface area contributed by atoms with Crippen molar-refractivity contribution in [3.63, 3.8) is 0 Å². The molecule has 1 aromatic heterocycles. The Morgan fingerprint density at radius 2 is 2.12 bits per heavy atom. The van der Waals surface area contributed by atoms with Crippen LogP contribution in [0.2, 0.25) is 0 Å². The second-order valence-corrected chi connectivity index (χ2v) is 4.29. The average Bonchev–Trinajstić information content (AvgIpc) is 3.13. The van der Waals surface area contributed by atoms with Crippen LogP contribution < -0.4 is 5.32 Å². The predicted molar refractivity (Wildman–Crippen MR) is 63.9 cm³/mol. The number of hydrogen-bond acceptors (Lipinski definition) is 3. The number of para-hydroxylation sites is 1. The molecule has 17 heavy (non-hydrogen) atoms. The number of aromatic nitrogens is 1. The first-order chi connectivity index (χ1) is 8.24. The molecule has 1 aliphatic rings. The molecular weight excluding hydrogens is 216 g/mol. The monoisotopic (exact) mass is 228 g/mol. The molecular formula is C13H12N2O2.